The monoisotopic (exact) mass is 361 g/mol. The molecule has 0 saturated heterocycles. The topological polar surface area (TPSA) is 161 Å². The van der Waals surface area contributed by atoms with Gasteiger partial charge in [0.25, 0.3) is 26.1 Å². The van der Waals surface area contributed by atoms with Gasteiger partial charge in [-0.2, -0.15) is 16.8 Å². The van der Waals surface area contributed by atoms with Gasteiger partial charge >= 0.3 is 0 Å². The van der Waals surface area contributed by atoms with Crippen LogP contribution in [0.2, 0.25) is 0 Å². The molecule has 2 rings (SSSR count). The van der Waals surface area contributed by atoms with Crippen molar-refractivity contribution in [1.82, 2.24) is 0 Å². The first kappa shape index (κ1) is 17.1. The average Bonchev–Trinajstić information content (AvgIpc) is 2.41. The third kappa shape index (κ3) is 3.96. The van der Waals surface area contributed by atoms with Gasteiger partial charge in [0.1, 0.15) is 5.75 Å². The van der Waals surface area contributed by atoms with Crippen LogP contribution in [0, 0.1) is 0 Å². The van der Waals surface area contributed by atoms with Crippen LogP contribution in [0.4, 0.5) is 0 Å². The average molecular weight is 361 g/mol. The van der Waals surface area contributed by atoms with Gasteiger partial charge in [-0.25, -0.2) is 0 Å². The molecule has 4 N–H and O–H groups in total. The van der Waals surface area contributed by atoms with Gasteiger partial charge in [0.2, 0.25) is 0 Å². The van der Waals surface area contributed by atoms with Gasteiger partial charge in [-0.15, -0.1) is 0 Å². The molecule has 0 aromatic heterocycles. The molecule has 11 heteroatoms. The van der Waals surface area contributed by atoms with Crippen molar-refractivity contribution in [1.29, 1.82) is 0 Å². The molecule has 9 nitrogen and oxygen atoms in total. The molecule has 0 atom stereocenters. The summed E-state index contributed by atoms with van der Waals surface area (Å²) in [5, 5.41) is 0.306. The van der Waals surface area contributed by atoms with Crippen molar-refractivity contribution in [2.24, 2.45) is 5.73 Å². The summed E-state index contributed by atoms with van der Waals surface area (Å²) in [6.07, 6.45) is 0. The fourth-order valence-corrected chi connectivity index (χ4v) is 2.91. The van der Waals surface area contributed by atoms with E-state index in [1.165, 1.54) is 6.07 Å². The number of primary amides is 1. The summed E-state index contributed by atoms with van der Waals surface area (Å²) in [7, 11) is -9.12. The van der Waals surface area contributed by atoms with Crippen molar-refractivity contribution in [3.63, 3.8) is 0 Å². The van der Waals surface area contributed by atoms with E-state index in [0.717, 1.165) is 24.3 Å². The predicted molar refractivity (Wildman–Crippen MR) is 78.3 cm³/mol. The number of nitrogens with two attached hydrogens (primary N) is 1. The number of carbonyl (C=O) groups is 1. The molecule has 0 saturated carbocycles. The highest BCUT2D eigenvalue weighted by atomic mass is 32.2. The van der Waals surface area contributed by atoms with Gasteiger partial charge in [0, 0.05) is 11.5 Å². The number of hydrogen-bond acceptors (Lipinski definition) is 6. The zero-order valence-corrected chi connectivity index (χ0v) is 13.0. The molecule has 0 aliphatic carbocycles. The van der Waals surface area contributed by atoms with Crippen LogP contribution >= 0.6 is 0 Å². The largest absolute Gasteiger partial charge is 0.483 e. The third-order valence-corrected chi connectivity index (χ3v) is 4.51. The zero-order valence-electron chi connectivity index (χ0n) is 11.3. The minimum Gasteiger partial charge on any atom is -0.483 e. The van der Waals surface area contributed by atoms with Crippen molar-refractivity contribution in [2.45, 2.75) is 9.79 Å². The summed E-state index contributed by atoms with van der Waals surface area (Å²) in [6.45, 7) is -0.552. The molecule has 0 radical (unpaired) electrons. The normalized spacial score (nSPS) is 12.3. The van der Waals surface area contributed by atoms with Crippen molar-refractivity contribution < 1.29 is 35.5 Å². The van der Waals surface area contributed by atoms with Crippen molar-refractivity contribution in [3.05, 3.63) is 30.3 Å². The standard InChI is InChI=1S/C12H11NO8S2/c13-12(14)6-21-11-5-9(23(18,19)20)4-7-3-8(22(15,16)17)1-2-10(7)11/h1-5H,6H2,(H2,13,14)(H,15,16,17)(H,18,19,20). The maximum atomic E-state index is 11.3. The van der Waals surface area contributed by atoms with Crippen molar-refractivity contribution in [3.8, 4) is 5.75 Å². The van der Waals surface area contributed by atoms with Crippen LogP contribution in [0.3, 0.4) is 0 Å². The highest BCUT2D eigenvalue weighted by Gasteiger charge is 2.17. The fourth-order valence-electron chi connectivity index (χ4n) is 1.86. The molecule has 0 unspecified atom stereocenters. The van der Waals surface area contributed by atoms with Crippen LogP contribution in [0.25, 0.3) is 10.8 Å². The fraction of sp³-hybridized carbons (Fsp3) is 0.0833. The summed E-state index contributed by atoms with van der Waals surface area (Å²) in [4.78, 5) is 9.75. The Morgan fingerprint density at radius 1 is 1.00 bits per heavy atom. The van der Waals surface area contributed by atoms with E-state index in [0.29, 0.717) is 0 Å². The van der Waals surface area contributed by atoms with E-state index in [2.05, 4.69) is 0 Å². The lowest BCUT2D eigenvalue weighted by atomic mass is 10.1. The molecule has 1 amide bonds. The number of hydrogen-bond donors (Lipinski definition) is 3. The van der Waals surface area contributed by atoms with E-state index in [1.54, 1.807) is 0 Å². The van der Waals surface area contributed by atoms with Crippen LogP contribution in [-0.4, -0.2) is 38.5 Å². The maximum absolute atomic E-state index is 11.3. The first-order chi connectivity index (χ1) is 10.5. The second kappa shape index (κ2) is 5.77. The zero-order chi connectivity index (χ0) is 17.4. The Morgan fingerprint density at radius 3 is 2.09 bits per heavy atom. The molecular formula is C12H11NO8S2. The van der Waals surface area contributed by atoms with Crippen LogP contribution in [0.1, 0.15) is 0 Å². The van der Waals surface area contributed by atoms with Gasteiger partial charge in [-0.3, -0.25) is 13.9 Å². The van der Waals surface area contributed by atoms with Gasteiger partial charge < -0.3 is 10.5 Å². The maximum Gasteiger partial charge on any atom is 0.294 e. The number of carbonyl (C=O) groups excluding carboxylic acids is 1. The molecule has 0 spiro atoms. The quantitative estimate of drug-likeness (QED) is 0.636. The van der Waals surface area contributed by atoms with E-state index in [9.17, 15) is 21.6 Å². The first-order valence-corrected chi connectivity index (χ1v) is 8.80. The lowest BCUT2D eigenvalue weighted by Crippen LogP contribution is -2.20. The molecule has 0 heterocycles. The van der Waals surface area contributed by atoms with Crippen LogP contribution < -0.4 is 10.5 Å². The second-order valence-corrected chi connectivity index (χ2v) is 7.35. The van der Waals surface area contributed by atoms with E-state index in [4.69, 9.17) is 19.6 Å². The Hall–Kier alpha value is -2.21. The van der Waals surface area contributed by atoms with Gasteiger partial charge in [0.15, 0.2) is 6.61 Å². The van der Waals surface area contributed by atoms with Crippen molar-refractivity contribution in [2.75, 3.05) is 6.61 Å². The lowest BCUT2D eigenvalue weighted by molar-refractivity contribution is -0.119. The highest BCUT2D eigenvalue weighted by molar-refractivity contribution is 7.86. The van der Waals surface area contributed by atoms with E-state index in [1.807, 2.05) is 0 Å². The van der Waals surface area contributed by atoms with Gasteiger partial charge in [0.05, 0.1) is 9.79 Å². The molecule has 0 bridgehead atoms. The Morgan fingerprint density at radius 2 is 1.57 bits per heavy atom. The SMILES string of the molecule is NC(=O)COc1cc(S(=O)(=O)O)cc2cc(S(=O)(=O)O)ccc12. The summed E-state index contributed by atoms with van der Waals surface area (Å²) in [5.74, 6) is -0.916. The molecule has 124 valence electrons. The Labute approximate surface area is 131 Å². The summed E-state index contributed by atoms with van der Waals surface area (Å²) < 4.78 is 68.1. The molecule has 23 heavy (non-hydrogen) atoms. The van der Waals surface area contributed by atoms with Crippen LogP contribution in [-0.2, 0) is 25.0 Å². The van der Waals surface area contributed by atoms with E-state index >= 15 is 0 Å². The molecule has 0 aliphatic rings. The number of benzene rings is 2. The minimum absolute atomic E-state index is 0.0507. The van der Waals surface area contributed by atoms with Crippen LogP contribution in [0.5, 0.6) is 5.75 Å². The Kier molecular flexibility index (Phi) is 4.30. The van der Waals surface area contributed by atoms with Crippen LogP contribution in [0.15, 0.2) is 40.1 Å². The number of fused-ring (bicyclic) bond motifs is 1. The molecule has 2 aromatic rings. The molecule has 0 fully saturated rings. The molecule has 2 aromatic carbocycles. The molecular weight excluding hydrogens is 350 g/mol. The summed E-state index contributed by atoms with van der Waals surface area (Å²) in [5.41, 5.74) is 4.95. The Balaban J connectivity index is 2.75. The third-order valence-electron chi connectivity index (χ3n) is 2.83. The van der Waals surface area contributed by atoms with E-state index in [-0.39, 0.29) is 16.5 Å². The summed E-state index contributed by atoms with van der Waals surface area (Å²) >= 11 is 0. The van der Waals surface area contributed by atoms with Gasteiger partial charge in [-0.05, 0) is 29.7 Å². The lowest BCUT2D eigenvalue weighted by Gasteiger charge is -2.10. The smallest absolute Gasteiger partial charge is 0.294 e. The van der Waals surface area contributed by atoms with E-state index < -0.39 is 42.5 Å². The number of ether oxygens (including phenoxy) is 1. The second-order valence-electron chi connectivity index (χ2n) is 4.51. The predicted octanol–water partition coefficient (Wildman–Crippen LogP) is 0.197. The van der Waals surface area contributed by atoms with Gasteiger partial charge in [-0.1, -0.05) is 0 Å². The minimum atomic E-state index is -4.61. The molecule has 0 aliphatic heterocycles. The summed E-state index contributed by atoms with van der Waals surface area (Å²) in [6, 6.07) is 5.28. The first-order valence-electron chi connectivity index (χ1n) is 5.92. The number of rotatable bonds is 5. The highest BCUT2D eigenvalue weighted by Crippen LogP contribution is 2.31. The number of amides is 1. The Bertz CT molecular complexity index is 990. The van der Waals surface area contributed by atoms with Crippen molar-refractivity contribution >= 4 is 36.9 Å².